The Bertz CT molecular complexity index is 1240. The molecule has 0 unspecified atom stereocenters. The van der Waals surface area contributed by atoms with Crippen LogP contribution in [0, 0.1) is 11.7 Å². The van der Waals surface area contributed by atoms with E-state index >= 15 is 0 Å². The van der Waals surface area contributed by atoms with E-state index in [2.05, 4.69) is 0 Å². The monoisotopic (exact) mass is 582 g/mol. The molecule has 1 aliphatic rings. The molecule has 9 heteroatoms. The Morgan fingerprint density at radius 3 is 2.05 bits per heavy atom. The third kappa shape index (κ3) is 8.53. The summed E-state index contributed by atoms with van der Waals surface area (Å²) in [6, 6.07) is 8.28. The van der Waals surface area contributed by atoms with E-state index in [4.69, 9.17) is 11.5 Å². The van der Waals surface area contributed by atoms with Crippen LogP contribution in [-0.4, -0.2) is 64.8 Å². The molecule has 8 nitrogen and oxygen atoms in total. The van der Waals surface area contributed by atoms with Crippen LogP contribution in [0.4, 0.5) is 4.39 Å². The smallest absolute Gasteiger partial charge is 0.245 e. The molecule has 2 aromatic rings. The zero-order chi connectivity index (χ0) is 31.2. The molecule has 0 radical (unpaired) electrons. The van der Waals surface area contributed by atoms with E-state index in [1.807, 2.05) is 26.8 Å². The molecule has 0 saturated heterocycles. The number of nitrogens with two attached hydrogens (primary N) is 2. The number of nitrogens with zero attached hydrogens (tertiary/aromatic N) is 2. The van der Waals surface area contributed by atoms with Crippen molar-refractivity contribution in [2.24, 2.45) is 17.4 Å². The van der Waals surface area contributed by atoms with Gasteiger partial charge in [0, 0.05) is 20.5 Å². The molecule has 3 atom stereocenters. The van der Waals surface area contributed by atoms with Crippen LogP contribution in [0.3, 0.4) is 0 Å². The van der Waals surface area contributed by atoms with Crippen LogP contribution >= 0.6 is 0 Å². The normalized spacial score (nSPS) is 16.4. The van der Waals surface area contributed by atoms with Crippen molar-refractivity contribution >= 4 is 17.7 Å². The van der Waals surface area contributed by atoms with E-state index < -0.39 is 29.9 Å². The van der Waals surface area contributed by atoms with Gasteiger partial charge in [-0.05, 0) is 59.1 Å². The maximum absolute atomic E-state index is 14.1. The molecule has 1 saturated carbocycles. The molecule has 1 fully saturated rings. The molecule has 42 heavy (non-hydrogen) atoms. The van der Waals surface area contributed by atoms with Gasteiger partial charge >= 0.3 is 0 Å². The fourth-order valence-electron chi connectivity index (χ4n) is 5.89. The van der Waals surface area contributed by atoms with Crippen molar-refractivity contribution < 1.29 is 23.9 Å². The van der Waals surface area contributed by atoms with E-state index in [1.54, 1.807) is 38.4 Å². The van der Waals surface area contributed by atoms with Gasteiger partial charge in [-0.3, -0.25) is 14.4 Å². The number of benzene rings is 2. The lowest BCUT2D eigenvalue weighted by molar-refractivity contribution is -0.148. The Labute approximate surface area is 249 Å². The van der Waals surface area contributed by atoms with Gasteiger partial charge in [0.15, 0.2) is 0 Å². The van der Waals surface area contributed by atoms with Crippen molar-refractivity contribution in [2.45, 2.75) is 95.7 Å². The minimum Gasteiger partial charge on any atom is -0.508 e. The SMILES string of the molecule is CN(C(=O)[C@@H](N)Cc1ccc(F)cc1)[C@H](CC1CCCCC1)C(=O)N(C)[C@@H](Cc1ccc(O)c(C(C)(C)C)c1)C(N)=O. The average molecular weight is 583 g/mol. The lowest BCUT2D eigenvalue weighted by Crippen LogP contribution is -2.57. The highest BCUT2D eigenvalue weighted by atomic mass is 19.1. The second-order valence-electron chi connectivity index (χ2n) is 12.8. The quantitative estimate of drug-likeness (QED) is 0.368. The second-order valence-corrected chi connectivity index (χ2v) is 12.8. The molecule has 0 heterocycles. The van der Waals surface area contributed by atoms with Crippen LogP contribution in [-0.2, 0) is 32.6 Å². The van der Waals surface area contributed by atoms with Gasteiger partial charge in [-0.1, -0.05) is 77.1 Å². The van der Waals surface area contributed by atoms with Gasteiger partial charge in [-0.25, -0.2) is 4.39 Å². The van der Waals surface area contributed by atoms with E-state index in [0.717, 1.165) is 48.8 Å². The number of aromatic hydroxyl groups is 1. The predicted octanol–water partition coefficient (Wildman–Crippen LogP) is 4.05. The largest absolute Gasteiger partial charge is 0.508 e. The number of rotatable bonds is 11. The number of hydrogen-bond donors (Lipinski definition) is 3. The van der Waals surface area contributed by atoms with Gasteiger partial charge < -0.3 is 26.4 Å². The van der Waals surface area contributed by atoms with Crippen molar-refractivity contribution in [3.8, 4) is 5.75 Å². The molecule has 230 valence electrons. The van der Waals surface area contributed by atoms with Crippen molar-refractivity contribution in [1.29, 1.82) is 0 Å². The van der Waals surface area contributed by atoms with Gasteiger partial charge in [0.2, 0.25) is 17.7 Å². The molecule has 3 rings (SSSR count). The van der Waals surface area contributed by atoms with Gasteiger partial charge in [0.05, 0.1) is 6.04 Å². The molecule has 2 aromatic carbocycles. The van der Waals surface area contributed by atoms with Gasteiger partial charge in [0.1, 0.15) is 23.7 Å². The summed E-state index contributed by atoms with van der Waals surface area (Å²) in [5.74, 6) is -1.37. The summed E-state index contributed by atoms with van der Waals surface area (Å²) in [4.78, 5) is 43.1. The standard InChI is InChI=1S/C33H47FN4O4/c1-33(2,3)25-17-23(13-16-29(25)39)20-27(30(36)40)37(4)32(42)28(19-21-9-7-6-8-10-21)38(5)31(41)26(35)18-22-11-14-24(34)15-12-22/h11-17,21,26-28,39H,6-10,18-20,35H2,1-5H3,(H2,36,40)/t26-,27-,28+/m0/s1. The molecule has 0 bridgehead atoms. The van der Waals surface area contributed by atoms with Crippen molar-refractivity contribution in [1.82, 2.24) is 9.80 Å². The van der Waals surface area contributed by atoms with Gasteiger partial charge in [0.25, 0.3) is 0 Å². The predicted molar refractivity (Wildman–Crippen MR) is 162 cm³/mol. The Kier molecular flexibility index (Phi) is 11.1. The molecule has 3 amide bonds. The fourth-order valence-corrected chi connectivity index (χ4v) is 5.89. The molecule has 0 aromatic heterocycles. The Morgan fingerprint density at radius 1 is 0.905 bits per heavy atom. The summed E-state index contributed by atoms with van der Waals surface area (Å²) in [5.41, 5.74) is 14.0. The van der Waals surface area contributed by atoms with Crippen LogP contribution in [0.2, 0.25) is 0 Å². The first-order valence-corrected chi connectivity index (χ1v) is 14.8. The highest BCUT2D eigenvalue weighted by molar-refractivity contribution is 5.92. The van der Waals surface area contributed by atoms with Gasteiger partial charge in [-0.15, -0.1) is 0 Å². The lowest BCUT2D eigenvalue weighted by atomic mass is 9.83. The summed E-state index contributed by atoms with van der Waals surface area (Å²) in [6.07, 6.45) is 6.07. The Balaban J connectivity index is 1.85. The number of carbonyl (C=O) groups excluding carboxylic acids is 3. The van der Waals surface area contributed by atoms with E-state index in [9.17, 15) is 23.9 Å². The zero-order valence-electron chi connectivity index (χ0n) is 25.6. The molecule has 5 N–H and O–H groups in total. The lowest BCUT2D eigenvalue weighted by Gasteiger charge is -2.37. The van der Waals surface area contributed by atoms with Crippen LogP contribution in [0.15, 0.2) is 42.5 Å². The number of primary amides is 1. The van der Waals surface area contributed by atoms with E-state index in [0.29, 0.717) is 6.42 Å². The van der Waals surface area contributed by atoms with Crippen LogP contribution in [0.5, 0.6) is 5.75 Å². The highest BCUT2D eigenvalue weighted by Crippen LogP contribution is 2.32. The summed E-state index contributed by atoms with van der Waals surface area (Å²) < 4.78 is 13.4. The summed E-state index contributed by atoms with van der Waals surface area (Å²) in [5, 5.41) is 10.4. The fraction of sp³-hybridized carbons (Fsp3) is 0.545. The Morgan fingerprint density at radius 2 is 1.48 bits per heavy atom. The first kappa shape index (κ1) is 33.0. The van der Waals surface area contributed by atoms with E-state index in [1.165, 1.54) is 21.9 Å². The minimum absolute atomic E-state index is 0.163. The zero-order valence-corrected chi connectivity index (χ0v) is 25.6. The number of likely N-dealkylation sites (N-methyl/N-ethyl adjacent to an activating group) is 2. The molecule has 0 spiro atoms. The Hall–Kier alpha value is -3.46. The third-order valence-corrected chi connectivity index (χ3v) is 8.51. The van der Waals surface area contributed by atoms with Crippen LogP contribution in [0.1, 0.15) is 76.0 Å². The van der Waals surface area contributed by atoms with Crippen LogP contribution < -0.4 is 11.5 Å². The highest BCUT2D eigenvalue weighted by Gasteiger charge is 2.37. The number of hydrogen-bond acceptors (Lipinski definition) is 5. The van der Waals surface area contributed by atoms with E-state index in [-0.39, 0.29) is 41.6 Å². The maximum Gasteiger partial charge on any atom is 0.245 e. The van der Waals surface area contributed by atoms with Gasteiger partial charge in [-0.2, -0.15) is 0 Å². The third-order valence-electron chi connectivity index (χ3n) is 8.51. The number of amides is 3. The number of halogens is 1. The minimum atomic E-state index is -0.958. The summed E-state index contributed by atoms with van der Waals surface area (Å²) in [6.45, 7) is 5.95. The first-order valence-electron chi connectivity index (χ1n) is 14.8. The molecular formula is C33H47FN4O4. The maximum atomic E-state index is 14.1. The van der Waals surface area contributed by atoms with Crippen LogP contribution in [0.25, 0.3) is 0 Å². The van der Waals surface area contributed by atoms with Crippen molar-refractivity contribution in [3.05, 3.63) is 65.0 Å². The molecule has 0 aliphatic heterocycles. The second kappa shape index (κ2) is 14.1. The number of carbonyl (C=O) groups is 3. The molecule has 1 aliphatic carbocycles. The first-order chi connectivity index (χ1) is 19.7. The average Bonchev–Trinajstić information content (AvgIpc) is 2.94. The summed E-state index contributed by atoms with van der Waals surface area (Å²) in [7, 11) is 3.13. The molecular weight excluding hydrogens is 535 g/mol. The summed E-state index contributed by atoms with van der Waals surface area (Å²) >= 11 is 0. The van der Waals surface area contributed by atoms with Crippen molar-refractivity contribution in [3.63, 3.8) is 0 Å². The van der Waals surface area contributed by atoms with Crippen molar-refractivity contribution in [2.75, 3.05) is 14.1 Å². The topological polar surface area (TPSA) is 130 Å². The number of phenols is 1. The number of phenolic OH excluding ortho intramolecular Hbond substituents is 1.